The van der Waals surface area contributed by atoms with Crippen LogP contribution in [-0.2, 0) is 9.53 Å². The molecule has 35 heavy (non-hydrogen) atoms. The molecule has 5 aromatic rings. The van der Waals surface area contributed by atoms with E-state index in [1.807, 2.05) is 73.7 Å². The van der Waals surface area contributed by atoms with Crippen LogP contribution in [0.3, 0.4) is 0 Å². The average Bonchev–Trinajstić information content (AvgIpc) is 2.91. The van der Waals surface area contributed by atoms with Gasteiger partial charge in [-0.05, 0) is 40.1 Å². The van der Waals surface area contributed by atoms with Gasteiger partial charge in [-0.3, -0.25) is 0 Å². The molecule has 0 heterocycles. The molecule has 174 valence electrons. The van der Waals surface area contributed by atoms with E-state index in [4.69, 9.17) is 9.47 Å². The minimum absolute atomic E-state index is 0.360. The Morgan fingerprint density at radius 2 is 1.17 bits per heavy atom. The summed E-state index contributed by atoms with van der Waals surface area (Å²) in [7, 11) is 0. The van der Waals surface area contributed by atoms with Gasteiger partial charge in [0.2, 0.25) is 0 Å². The summed E-state index contributed by atoms with van der Waals surface area (Å²) in [4.78, 5) is 13.6. The van der Waals surface area contributed by atoms with Gasteiger partial charge in [-0.1, -0.05) is 116 Å². The molecule has 0 saturated heterocycles. The second-order valence-corrected chi connectivity index (χ2v) is 8.66. The molecular formula is C32H28O3. The van der Waals surface area contributed by atoms with Crippen molar-refractivity contribution in [2.24, 2.45) is 0 Å². The lowest BCUT2D eigenvalue weighted by atomic mass is 9.92. The molecule has 0 bridgehead atoms. The van der Waals surface area contributed by atoms with E-state index in [1.165, 1.54) is 0 Å². The number of esters is 1. The predicted molar refractivity (Wildman–Crippen MR) is 142 cm³/mol. The lowest BCUT2D eigenvalue weighted by Crippen LogP contribution is -2.31. The summed E-state index contributed by atoms with van der Waals surface area (Å²) in [5, 5.41) is 4.35. The number of hydrogen-bond acceptors (Lipinski definition) is 3. The first-order valence-electron chi connectivity index (χ1n) is 12.1. The van der Waals surface area contributed by atoms with Crippen molar-refractivity contribution in [1.82, 2.24) is 0 Å². The van der Waals surface area contributed by atoms with Crippen LogP contribution in [0.25, 0.3) is 21.5 Å². The van der Waals surface area contributed by atoms with Crippen LogP contribution in [0.5, 0.6) is 5.75 Å². The highest BCUT2D eigenvalue weighted by Crippen LogP contribution is 2.36. The lowest BCUT2D eigenvalue weighted by molar-refractivity contribution is -0.156. The first-order chi connectivity index (χ1) is 17.2. The SMILES string of the molecule is CCC[C@@H](Oc1ccccc1)C(=O)OC(c1cccc2ccccc12)c1cccc2ccccc12. The average molecular weight is 461 g/mol. The van der Waals surface area contributed by atoms with Crippen molar-refractivity contribution in [1.29, 1.82) is 0 Å². The first kappa shape index (κ1) is 22.7. The van der Waals surface area contributed by atoms with E-state index in [1.54, 1.807) is 0 Å². The van der Waals surface area contributed by atoms with E-state index in [-0.39, 0.29) is 5.97 Å². The van der Waals surface area contributed by atoms with Crippen LogP contribution < -0.4 is 4.74 Å². The summed E-state index contributed by atoms with van der Waals surface area (Å²) < 4.78 is 12.5. The Morgan fingerprint density at radius 1 is 0.657 bits per heavy atom. The summed E-state index contributed by atoms with van der Waals surface area (Å²) in [6.45, 7) is 2.04. The molecule has 0 aliphatic heterocycles. The van der Waals surface area contributed by atoms with Crippen LogP contribution >= 0.6 is 0 Å². The van der Waals surface area contributed by atoms with Crippen molar-refractivity contribution in [3.05, 3.63) is 126 Å². The van der Waals surface area contributed by atoms with Crippen LogP contribution in [0.4, 0.5) is 0 Å². The Bertz CT molecular complexity index is 1350. The maximum absolute atomic E-state index is 13.6. The number of benzene rings is 5. The van der Waals surface area contributed by atoms with Crippen molar-refractivity contribution in [3.63, 3.8) is 0 Å². The summed E-state index contributed by atoms with van der Waals surface area (Å²) in [5.74, 6) is 0.302. The molecular weight excluding hydrogens is 432 g/mol. The molecule has 0 N–H and O–H groups in total. The molecule has 0 aromatic heterocycles. The Morgan fingerprint density at radius 3 is 1.74 bits per heavy atom. The number of fused-ring (bicyclic) bond motifs is 2. The van der Waals surface area contributed by atoms with E-state index in [0.29, 0.717) is 12.2 Å². The van der Waals surface area contributed by atoms with Gasteiger partial charge in [0, 0.05) is 11.1 Å². The first-order valence-corrected chi connectivity index (χ1v) is 12.1. The third kappa shape index (κ3) is 4.90. The molecule has 1 atom stereocenters. The van der Waals surface area contributed by atoms with E-state index in [9.17, 15) is 4.79 Å². The monoisotopic (exact) mass is 460 g/mol. The minimum atomic E-state index is -0.685. The normalized spacial score (nSPS) is 12.1. The van der Waals surface area contributed by atoms with Gasteiger partial charge in [0.15, 0.2) is 12.2 Å². The molecule has 5 rings (SSSR count). The fraction of sp³-hybridized carbons (Fsp3) is 0.156. The third-order valence-corrected chi connectivity index (χ3v) is 6.28. The molecule has 0 saturated carbocycles. The van der Waals surface area contributed by atoms with Gasteiger partial charge in [-0.15, -0.1) is 0 Å². The van der Waals surface area contributed by atoms with Gasteiger partial charge in [0.25, 0.3) is 0 Å². The topological polar surface area (TPSA) is 35.5 Å². The fourth-order valence-corrected chi connectivity index (χ4v) is 4.60. The number of rotatable bonds is 8. The van der Waals surface area contributed by atoms with E-state index in [0.717, 1.165) is 39.1 Å². The van der Waals surface area contributed by atoms with E-state index in [2.05, 4.69) is 48.5 Å². The zero-order valence-electron chi connectivity index (χ0n) is 19.8. The number of para-hydroxylation sites is 1. The second-order valence-electron chi connectivity index (χ2n) is 8.66. The van der Waals surface area contributed by atoms with Gasteiger partial charge >= 0.3 is 5.97 Å². The van der Waals surface area contributed by atoms with Crippen molar-refractivity contribution in [3.8, 4) is 5.75 Å². The second kappa shape index (κ2) is 10.4. The number of carbonyl (C=O) groups excluding carboxylic acids is 1. The number of ether oxygens (including phenoxy) is 2. The smallest absolute Gasteiger partial charge is 0.348 e. The number of carbonyl (C=O) groups is 1. The maximum atomic E-state index is 13.6. The van der Waals surface area contributed by atoms with E-state index >= 15 is 0 Å². The Balaban J connectivity index is 1.59. The van der Waals surface area contributed by atoms with E-state index < -0.39 is 12.2 Å². The Hall–Kier alpha value is -4.11. The van der Waals surface area contributed by atoms with Crippen molar-refractivity contribution < 1.29 is 14.3 Å². The molecule has 0 radical (unpaired) electrons. The van der Waals surface area contributed by atoms with Crippen molar-refractivity contribution in [2.45, 2.75) is 32.0 Å². The zero-order valence-corrected chi connectivity index (χ0v) is 19.8. The lowest BCUT2D eigenvalue weighted by Gasteiger charge is -2.25. The fourth-order valence-electron chi connectivity index (χ4n) is 4.60. The molecule has 0 aliphatic rings. The Labute approximate surface area is 205 Å². The molecule has 0 aliphatic carbocycles. The van der Waals surface area contributed by atoms with Gasteiger partial charge in [-0.2, -0.15) is 0 Å². The van der Waals surface area contributed by atoms with Crippen LogP contribution in [0.2, 0.25) is 0 Å². The minimum Gasteiger partial charge on any atom is -0.479 e. The predicted octanol–water partition coefficient (Wildman–Crippen LogP) is 7.87. The molecule has 0 fully saturated rings. The molecule has 5 aromatic carbocycles. The molecule has 3 nitrogen and oxygen atoms in total. The maximum Gasteiger partial charge on any atom is 0.348 e. The largest absolute Gasteiger partial charge is 0.479 e. The molecule has 0 spiro atoms. The summed E-state index contributed by atoms with van der Waals surface area (Å²) >= 11 is 0. The summed E-state index contributed by atoms with van der Waals surface area (Å²) in [6, 6.07) is 38.2. The highest BCUT2D eigenvalue weighted by atomic mass is 16.6. The summed E-state index contributed by atoms with van der Waals surface area (Å²) in [5.41, 5.74) is 1.92. The van der Waals surface area contributed by atoms with Gasteiger partial charge < -0.3 is 9.47 Å². The van der Waals surface area contributed by atoms with Crippen LogP contribution in [0, 0.1) is 0 Å². The van der Waals surface area contributed by atoms with Crippen LogP contribution in [0.15, 0.2) is 115 Å². The Kier molecular flexibility index (Phi) is 6.76. The highest BCUT2D eigenvalue weighted by Gasteiger charge is 2.28. The van der Waals surface area contributed by atoms with Gasteiger partial charge in [-0.25, -0.2) is 4.79 Å². The molecule has 0 amide bonds. The quantitative estimate of drug-likeness (QED) is 0.221. The van der Waals surface area contributed by atoms with Gasteiger partial charge in [0.1, 0.15) is 5.75 Å². The summed E-state index contributed by atoms with van der Waals surface area (Å²) in [6.07, 6.45) is 0.124. The van der Waals surface area contributed by atoms with Gasteiger partial charge in [0.05, 0.1) is 0 Å². The van der Waals surface area contributed by atoms with Crippen LogP contribution in [-0.4, -0.2) is 12.1 Å². The highest BCUT2D eigenvalue weighted by molar-refractivity contribution is 5.90. The molecule has 3 heteroatoms. The zero-order chi connectivity index (χ0) is 24.0. The van der Waals surface area contributed by atoms with Crippen molar-refractivity contribution in [2.75, 3.05) is 0 Å². The van der Waals surface area contributed by atoms with Crippen LogP contribution in [0.1, 0.15) is 37.0 Å². The standard InChI is InChI=1S/C32H28O3/c1-2-12-30(34-25-17-4-3-5-18-25)32(33)35-31(28-21-10-15-23-13-6-8-19-26(23)28)29-22-11-16-24-14-7-9-20-27(24)29/h3-11,13-22,30-31H,2,12H2,1H3/t30-/m1/s1. The third-order valence-electron chi connectivity index (χ3n) is 6.28. The molecule has 0 unspecified atom stereocenters. The van der Waals surface area contributed by atoms with Crippen molar-refractivity contribution >= 4 is 27.5 Å². The number of hydrogen-bond donors (Lipinski definition) is 0.